The number of methoxy groups -OCH3 is 1. The Labute approximate surface area is 189 Å². The molecule has 1 saturated heterocycles. The fourth-order valence-corrected chi connectivity index (χ4v) is 4.13. The van der Waals surface area contributed by atoms with Gasteiger partial charge in [-0.2, -0.15) is 0 Å². The number of likely N-dealkylation sites (tertiary alicyclic amines) is 1. The summed E-state index contributed by atoms with van der Waals surface area (Å²) in [4.78, 5) is 27.3. The standard InChI is InChI=1S/C27H28N2O3/c1-32-25-10-6-5-9-24(25)21-11-13-23(14-12-21)27(31)29-17-15-22(16-18-29)26(30)28-19-20-7-3-2-4-8-20/h2-14,22H,15-19H2,1H3,(H,28,30). The molecule has 1 fully saturated rings. The first kappa shape index (κ1) is 21.6. The van der Waals surface area contributed by atoms with Crippen LogP contribution in [0.5, 0.6) is 5.75 Å². The monoisotopic (exact) mass is 428 g/mol. The van der Waals surface area contributed by atoms with Gasteiger partial charge in [-0.1, -0.05) is 60.7 Å². The molecule has 0 atom stereocenters. The molecule has 0 spiro atoms. The largest absolute Gasteiger partial charge is 0.496 e. The molecule has 5 heteroatoms. The van der Waals surface area contributed by atoms with Crippen molar-refractivity contribution in [2.45, 2.75) is 19.4 Å². The highest BCUT2D eigenvalue weighted by Crippen LogP contribution is 2.30. The van der Waals surface area contributed by atoms with Crippen molar-refractivity contribution in [1.82, 2.24) is 10.2 Å². The van der Waals surface area contributed by atoms with Crippen molar-refractivity contribution < 1.29 is 14.3 Å². The molecule has 3 aromatic rings. The number of piperidine rings is 1. The normalized spacial score (nSPS) is 14.1. The van der Waals surface area contributed by atoms with Gasteiger partial charge in [0.1, 0.15) is 5.75 Å². The lowest BCUT2D eigenvalue weighted by Gasteiger charge is -2.31. The minimum atomic E-state index is -0.0457. The number of rotatable bonds is 6. The summed E-state index contributed by atoms with van der Waals surface area (Å²) in [6.45, 7) is 1.73. The third-order valence-corrected chi connectivity index (χ3v) is 6.01. The van der Waals surface area contributed by atoms with Crippen molar-refractivity contribution >= 4 is 11.8 Å². The highest BCUT2D eigenvalue weighted by atomic mass is 16.5. The molecular formula is C27H28N2O3. The molecule has 1 N–H and O–H groups in total. The van der Waals surface area contributed by atoms with Crippen LogP contribution in [0.3, 0.4) is 0 Å². The molecule has 164 valence electrons. The molecule has 0 radical (unpaired) electrons. The SMILES string of the molecule is COc1ccccc1-c1ccc(C(=O)N2CCC(C(=O)NCc3ccccc3)CC2)cc1. The summed E-state index contributed by atoms with van der Waals surface area (Å²) in [5.41, 5.74) is 3.75. The second-order valence-electron chi connectivity index (χ2n) is 8.05. The number of hydrogen-bond donors (Lipinski definition) is 1. The first-order valence-electron chi connectivity index (χ1n) is 11.0. The molecule has 1 aliphatic rings. The number of carbonyl (C=O) groups excluding carboxylic acids is 2. The maximum Gasteiger partial charge on any atom is 0.253 e. The first-order valence-corrected chi connectivity index (χ1v) is 11.0. The van der Waals surface area contributed by atoms with Crippen LogP contribution in [-0.2, 0) is 11.3 Å². The number of hydrogen-bond acceptors (Lipinski definition) is 3. The van der Waals surface area contributed by atoms with Crippen LogP contribution < -0.4 is 10.1 Å². The Bertz CT molecular complexity index is 1060. The van der Waals surface area contributed by atoms with E-state index in [1.165, 1.54) is 0 Å². The number of benzene rings is 3. The number of nitrogens with zero attached hydrogens (tertiary/aromatic N) is 1. The molecule has 0 saturated carbocycles. The number of nitrogens with one attached hydrogen (secondary N) is 1. The van der Waals surface area contributed by atoms with E-state index in [0.717, 1.165) is 22.4 Å². The molecule has 0 bridgehead atoms. The van der Waals surface area contributed by atoms with Crippen molar-refractivity contribution in [2.75, 3.05) is 20.2 Å². The van der Waals surface area contributed by atoms with Crippen LogP contribution in [-0.4, -0.2) is 36.9 Å². The van der Waals surface area contributed by atoms with Gasteiger partial charge in [0.25, 0.3) is 5.91 Å². The molecule has 1 aliphatic heterocycles. The van der Waals surface area contributed by atoms with E-state index in [4.69, 9.17) is 4.74 Å². The van der Waals surface area contributed by atoms with E-state index in [2.05, 4.69) is 5.32 Å². The molecule has 0 aliphatic carbocycles. The molecule has 2 amide bonds. The maximum absolute atomic E-state index is 13.0. The predicted molar refractivity (Wildman–Crippen MR) is 125 cm³/mol. The lowest BCUT2D eigenvalue weighted by molar-refractivity contribution is -0.126. The molecule has 4 rings (SSSR count). The summed E-state index contributed by atoms with van der Waals surface area (Å²) in [7, 11) is 1.66. The summed E-state index contributed by atoms with van der Waals surface area (Å²) in [5.74, 6) is 0.844. The molecule has 3 aromatic carbocycles. The fraction of sp³-hybridized carbons (Fsp3) is 0.259. The van der Waals surface area contributed by atoms with Crippen LogP contribution in [0, 0.1) is 5.92 Å². The molecular weight excluding hydrogens is 400 g/mol. The third-order valence-electron chi connectivity index (χ3n) is 6.01. The van der Waals surface area contributed by atoms with Gasteiger partial charge in [0.2, 0.25) is 5.91 Å². The fourth-order valence-electron chi connectivity index (χ4n) is 4.13. The Morgan fingerprint density at radius 3 is 2.25 bits per heavy atom. The topological polar surface area (TPSA) is 58.6 Å². The van der Waals surface area contributed by atoms with E-state index in [0.29, 0.717) is 38.0 Å². The Balaban J connectivity index is 1.32. The van der Waals surface area contributed by atoms with Crippen LogP contribution in [0.25, 0.3) is 11.1 Å². The van der Waals surface area contributed by atoms with Crippen molar-refractivity contribution in [3.8, 4) is 16.9 Å². The minimum Gasteiger partial charge on any atom is -0.496 e. The predicted octanol–water partition coefficient (Wildman–Crippen LogP) is 4.53. The van der Waals surface area contributed by atoms with Gasteiger partial charge in [-0.15, -0.1) is 0 Å². The highest BCUT2D eigenvalue weighted by Gasteiger charge is 2.27. The number of carbonyl (C=O) groups is 2. The Morgan fingerprint density at radius 1 is 0.906 bits per heavy atom. The van der Waals surface area contributed by atoms with Crippen LogP contribution in [0.4, 0.5) is 0 Å². The molecule has 1 heterocycles. The summed E-state index contributed by atoms with van der Waals surface area (Å²) in [5, 5.41) is 3.02. The van der Waals surface area contributed by atoms with E-state index >= 15 is 0 Å². The average molecular weight is 429 g/mol. The van der Waals surface area contributed by atoms with E-state index in [1.807, 2.05) is 83.8 Å². The van der Waals surface area contributed by atoms with E-state index in [-0.39, 0.29) is 17.7 Å². The van der Waals surface area contributed by atoms with Crippen LogP contribution >= 0.6 is 0 Å². The minimum absolute atomic E-state index is 0.0136. The van der Waals surface area contributed by atoms with Crippen molar-refractivity contribution in [1.29, 1.82) is 0 Å². The van der Waals surface area contributed by atoms with Gasteiger partial charge < -0.3 is 15.0 Å². The van der Waals surface area contributed by atoms with E-state index < -0.39 is 0 Å². The van der Waals surface area contributed by atoms with Crippen molar-refractivity contribution in [2.24, 2.45) is 5.92 Å². The maximum atomic E-state index is 13.0. The van der Waals surface area contributed by atoms with E-state index in [1.54, 1.807) is 7.11 Å². The summed E-state index contributed by atoms with van der Waals surface area (Å²) >= 11 is 0. The van der Waals surface area contributed by atoms with Crippen molar-refractivity contribution in [3.63, 3.8) is 0 Å². The Hall–Kier alpha value is -3.60. The lowest BCUT2D eigenvalue weighted by Crippen LogP contribution is -2.42. The van der Waals surface area contributed by atoms with Gasteiger partial charge >= 0.3 is 0 Å². The van der Waals surface area contributed by atoms with Gasteiger partial charge in [-0.3, -0.25) is 9.59 Å². The zero-order chi connectivity index (χ0) is 22.3. The number of ether oxygens (including phenoxy) is 1. The molecule has 5 nitrogen and oxygen atoms in total. The van der Waals surface area contributed by atoms with Gasteiger partial charge in [-0.25, -0.2) is 0 Å². The van der Waals surface area contributed by atoms with Crippen LogP contribution in [0.1, 0.15) is 28.8 Å². The van der Waals surface area contributed by atoms with Crippen LogP contribution in [0.2, 0.25) is 0 Å². The quantitative estimate of drug-likeness (QED) is 0.628. The summed E-state index contributed by atoms with van der Waals surface area (Å²) in [6.07, 6.45) is 1.37. The summed E-state index contributed by atoms with van der Waals surface area (Å²) in [6, 6.07) is 25.4. The van der Waals surface area contributed by atoms with Gasteiger partial charge in [0.05, 0.1) is 7.11 Å². The average Bonchev–Trinajstić information content (AvgIpc) is 2.87. The van der Waals surface area contributed by atoms with E-state index in [9.17, 15) is 9.59 Å². The second kappa shape index (κ2) is 10.1. The Morgan fingerprint density at radius 2 is 1.56 bits per heavy atom. The van der Waals surface area contributed by atoms with Crippen LogP contribution in [0.15, 0.2) is 78.9 Å². The van der Waals surface area contributed by atoms with Gasteiger partial charge in [0.15, 0.2) is 0 Å². The first-order chi connectivity index (χ1) is 15.7. The van der Waals surface area contributed by atoms with Gasteiger partial charge in [-0.05, 0) is 42.2 Å². The zero-order valence-electron chi connectivity index (χ0n) is 18.3. The molecule has 0 unspecified atom stereocenters. The smallest absolute Gasteiger partial charge is 0.253 e. The molecule has 0 aromatic heterocycles. The lowest BCUT2D eigenvalue weighted by atomic mass is 9.95. The van der Waals surface area contributed by atoms with Crippen molar-refractivity contribution in [3.05, 3.63) is 90.0 Å². The second-order valence-corrected chi connectivity index (χ2v) is 8.05. The third kappa shape index (κ3) is 4.99. The zero-order valence-corrected chi connectivity index (χ0v) is 18.3. The summed E-state index contributed by atoms with van der Waals surface area (Å²) < 4.78 is 5.44. The highest BCUT2D eigenvalue weighted by molar-refractivity contribution is 5.95. The molecule has 32 heavy (non-hydrogen) atoms. The number of amides is 2. The number of para-hydroxylation sites is 1. The Kier molecular flexibility index (Phi) is 6.85. The van der Waals surface area contributed by atoms with Gasteiger partial charge in [0, 0.05) is 36.7 Å².